The van der Waals surface area contributed by atoms with Crippen molar-refractivity contribution >= 4 is 5.82 Å². The Balaban J connectivity index is 1.96. The van der Waals surface area contributed by atoms with Gasteiger partial charge in [0.25, 0.3) is 5.89 Å². The van der Waals surface area contributed by atoms with E-state index < -0.39 is 0 Å². The molecule has 0 aliphatic rings. The van der Waals surface area contributed by atoms with Crippen LogP contribution in [0.25, 0.3) is 23.1 Å². The second-order valence-electron chi connectivity index (χ2n) is 3.58. The maximum Gasteiger partial charge on any atom is 0.276 e. The first-order valence-electron chi connectivity index (χ1n) is 5.27. The number of methoxy groups -OCH3 is 1. The van der Waals surface area contributed by atoms with Crippen LogP contribution >= 0.6 is 0 Å². The molecule has 0 radical (unpaired) electrons. The van der Waals surface area contributed by atoms with Crippen molar-refractivity contribution in [2.45, 2.75) is 0 Å². The second kappa shape index (κ2) is 4.37. The lowest BCUT2D eigenvalue weighted by molar-refractivity contribution is 0.397. The highest BCUT2D eigenvalue weighted by Crippen LogP contribution is 2.21. The molecule has 9 nitrogen and oxygen atoms in total. The zero-order valence-corrected chi connectivity index (χ0v) is 9.86. The van der Waals surface area contributed by atoms with Gasteiger partial charge in [-0.05, 0) is 0 Å². The Morgan fingerprint density at radius 1 is 1.32 bits per heavy atom. The summed E-state index contributed by atoms with van der Waals surface area (Å²) in [5, 5.41) is 10.3. The summed E-state index contributed by atoms with van der Waals surface area (Å²) in [6, 6.07) is 3.20. The first kappa shape index (κ1) is 11.1. The van der Waals surface area contributed by atoms with Gasteiger partial charge in [0.15, 0.2) is 0 Å². The summed E-state index contributed by atoms with van der Waals surface area (Å²) in [6.07, 6.45) is 1.36. The number of H-pyrrole nitrogens is 1. The van der Waals surface area contributed by atoms with Gasteiger partial charge >= 0.3 is 0 Å². The molecule has 3 rings (SSSR count). The zero-order valence-electron chi connectivity index (χ0n) is 9.86. The van der Waals surface area contributed by atoms with Crippen LogP contribution in [0.2, 0.25) is 0 Å². The van der Waals surface area contributed by atoms with Gasteiger partial charge in [0.2, 0.25) is 11.7 Å². The average molecular weight is 259 g/mol. The first-order chi connectivity index (χ1) is 9.26. The van der Waals surface area contributed by atoms with Crippen LogP contribution in [0.5, 0.6) is 5.88 Å². The van der Waals surface area contributed by atoms with E-state index in [1.165, 1.54) is 13.4 Å². The summed E-state index contributed by atoms with van der Waals surface area (Å²) in [4.78, 5) is 12.1. The molecule has 9 heteroatoms. The smallest absolute Gasteiger partial charge is 0.276 e. The van der Waals surface area contributed by atoms with Crippen molar-refractivity contribution < 1.29 is 9.26 Å². The monoisotopic (exact) mass is 259 g/mol. The molecule has 0 aliphatic heterocycles. The van der Waals surface area contributed by atoms with Gasteiger partial charge < -0.3 is 15.0 Å². The molecule has 0 aromatic carbocycles. The van der Waals surface area contributed by atoms with Crippen molar-refractivity contribution in [2.24, 2.45) is 0 Å². The lowest BCUT2D eigenvalue weighted by atomic mass is 10.4. The van der Waals surface area contributed by atoms with Crippen molar-refractivity contribution in [1.29, 1.82) is 0 Å². The predicted octanol–water partition coefficient (Wildman–Crippen LogP) is 0.508. The molecule has 19 heavy (non-hydrogen) atoms. The highest BCUT2D eigenvalue weighted by atomic mass is 16.5. The highest BCUT2D eigenvalue weighted by molar-refractivity contribution is 5.56. The maximum absolute atomic E-state index is 5.50. The number of nitrogen functional groups attached to an aromatic ring is 1. The Morgan fingerprint density at radius 2 is 2.21 bits per heavy atom. The molecule has 0 amide bonds. The van der Waals surface area contributed by atoms with Crippen LogP contribution in [0, 0.1) is 0 Å². The maximum atomic E-state index is 5.50. The van der Waals surface area contributed by atoms with E-state index in [0.29, 0.717) is 28.9 Å². The third kappa shape index (κ3) is 2.08. The number of nitrogens with two attached hydrogens (primary N) is 1. The lowest BCUT2D eigenvalue weighted by Crippen LogP contribution is -1.91. The lowest BCUT2D eigenvalue weighted by Gasteiger charge is -1.97. The van der Waals surface area contributed by atoms with Gasteiger partial charge in [0.05, 0.1) is 7.11 Å². The molecule has 0 atom stereocenters. The standard InChI is InChI=1S/C10H9N7O2/c1-18-8-3-5(12-4-13-8)9-14-10(19-17-9)6-2-7(11)16-15-6/h2-4H,1H3,(H3,11,15,16). The van der Waals surface area contributed by atoms with Crippen molar-refractivity contribution in [1.82, 2.24) is 30.3 Å². The van der Waals surface area contributed by atoms with E-state index in [9.17, 15) is 0 Å². The highest BCUT2D eigenvalue weighted by Gasteiger charge is 2.14. The van der Waals surface area contributed by atoms with Crippen LogP contribution in [0.3, 0.4) is 0 Å². The van der Waals surface area contributed by atoms with Crippen molar-refractivity contribution in [2.75, 3.05) is 12.8 Å². The van der Waals surface area contributed by atoms with E-state index >= 15 is 0 Å². The van der Waals surface area contributed by atoms with Gasteiger partial charge in [0, 0.05) is 12.1 Å². The van der Waals surface area contributed by atoms with Gasteiger partial charge in [-0.3, -0.25) is 5.10 Å². The zero-order chi connectivity index (χ0) is 13.2. The van der Waals surface area contributed by atoms with Crippen molar-refractivity contribution in [3.05, 3.63) is 18.5 Å². The van der Waals surface area contributed by atoms with Gasteiger partial charge in [0.1, 0.15) is 23.5 Å². The summed E-state index contributed by atoms with van der Waals surface area (Å²) in [5.74, 6) is 1.36. The topological polar surface area (TPSA) is 129 Å². The molecule has 3 aromatic heterocycles. The Hall–Kier alpha value is -2.97. The number of nitrogens with zero attached hydrogens (tertiary/aromatic N) is 5. The summed E-state index contributed by atoms with van der Waals surface area (Å²) in [6.45, 7) is 0. The number of rotatable bonds is 3. The van der Waals surface area contributed by atoms with E-state index in [4.69, 9.17) is 15.0 Å². The summed E-state index contributed by atoms with van der Waals surface area (Å²) in [7, 11) is 1.52. The fourth-order valence-corrected chi connectivity index (χ4v) is 1.46. The minimum Gasteiger partial charge on any atom is -0.481 e. The number of aromatic amines is 1. The predicted molar refractivity (Wildman–Crippen MR) is 63.9 cm³/mol. The molecule has 0 bridgehead atoms. The summed E-state index contributed by atoms with van der Waals surface area (Å²) >= 11 is 0. The fourth-order valence-electron chi connectivity index (χ4n) is 1.46. The van der Waals surface area contributed by atoms with Gasteiger partial charge in [-0.2, -0.15) is 10.1 Å². The van der Waals surface area contributed by atoms with Crippen LogP contribution in [0.15, 0.2) is 23.0 Å². The van der Waals surface area contributed by atoms with E-state index in [0.717, 1.165) is 0 Å². The number of hydrogen-bond donors (Lipinski definition) is 2. The SMILES string of the molecule is COc1cc(-c2noc(-c3cc(N)n[nH]3)n2)ncn1. The van der Waals surface area contributed by atoms with E-state index in [-0.39, 0.29) is 5.89 Å². The molecule has 0 unspecified atom stereocenters. The number of anilines is 1. The minimum absolute atomic E-state index is 0.275. The number of aromatic nitrogens is 6. The first-order valence-corrected chi connectivity index (χ1v) is 5.27. The van der Waals surface area contributed by atoms with Gasteiger partial charge in [-0.25, -0.2) is 9.97 Å². The molecule has 0 fully saturated rings. The molecule has 96 valence electrons. The Kier molecular flexibility index (Phi) is 2.56. The molecule has 0 saturated carbocycles. The summed E-state index contributed by atoms with van der Waals surface area (Å²) < 4.78 is 10.1. The van der Waals surface area contributed by atoms with Crippen LogP contribution in [-0.2, 0) is 0 Å². The van der Waals surface area contributed by atoms with E-state index in [1.807, 2.05) is 0 Å². The average Bonchev–Trinajstić information content (AvgIpc) is 3.07. The molecular weight excluding hydrogens is 250 g/mol. The summed E-state index contributed by atoms with van der Waals surface area (Å²) in [5.41, 5.74) is 6.54. The number of nitrogens with one attached hydrogen (secondary N) is 1. The minimum atomic E-state index is 0.275. The third-order valence-corrected chi connectivity index (χ3v) is 2.33. The number of hydrogen-bond acceptors (Lipinski definition) is 8. The van der Waals surface area contributed by atoms with Gasteiger partial charge in [-0.15, -0.1) is 0 Å². The largest absolute Gasteiger partial charge is 0.481 e. The van der Waals surface area contributed by atoms with Crippen LogP contribution in [-0.4, -0.2) is 37.4 Å². The quantitative estimate of drug-likeness (QED) is 0.695. The van der Waals surface area contributed by atoms with Crippen LogP contribution in [0.4, 0.5) is 5.82 Å². The molecular formula is C10H9N7O2. The third-order valence-electron chi connectivity index (χ3n) is 2.33. The molecule has 3 N–H and O–H groups in total. The van der Waals surface area contributed by atoms with Crippen molar-refractivity contribution in [3.63, 3.8) is 0 Å². The van der Waals surface area contributed by atoms with Crippen molar-refractivity contribution in [3.8, 4) is 29.0 Å². The Morgan fingerprint density at radius 3 is 2.95 bits per heavy atom. The normalized spacial score (nSPS) is 10.6. The Bertz CT molecular complexity index is 705. The number of ether oxygens (including phenoxy) is 1. The Labute approximate surface area is 106 Å². The molecule has 0 saturated heterocycles. The van der Waals surface area contributed by atoms with E-state index in [2.05, 4.69) is 30.3 Å². The van der Waals surface area contributed by atoms with Gasteiger partial charge in [-0.1, -0.05) is 5.16 Å². The molecule has 0 spiro atoms. The molecule has 3 aromatic rings. The van der Waals surface area contributed by atoms with Crippen LogP contribution < -0.4 is 10.5 Å². The fraction of sp³-hybridized carbons (Fsp3) is 0.100. The van der Waals surface area contributed by atoms with Crippen LogP contribution in [0.1, 0.15) is 0 Å². The second-order valence-corrected chi connectivity index (χ2v) is 3.58. The molecule has 3 heterocycles. The molecule has 0 aliphatic carbocycles. The van der Waals surface area contributed by atoms with E-state index in [1.54, 1.807) is 12.1 Å².